The fraction of sp³-hybridized carbons (Fsp3) is 0.176. The molecule has 1 aromatic carbocycles. The molecule has 0 amide bonds. The lowest BCUT2D eigenvalue weighted by Crippen LogP contribution is -2.05. The average Bonchev–Trinajstić information content (AvgIpc) is 2.99. The quantitative estimate of drug-likeness (QED) is 0.609. The van der Waals surface area contributed by atoms with Crippen LogP contribution in [0.25, 0.3) is 11.4 Å². The minimum atomic E-state index is 0.123. The molecular weight excluding hydrogens is 377 g/mol. The number of aromatic nitrogens is 4. The average molecular weight is 390 g/mol. The smallest absolute Gasteiger partial charge is 0.198 e. The minimum Gasteiger partial charge on any atom is -0.299 e. The van der Waals surface area contributed by atoms with Crippen molar-refractivity contribution in [1.82, 2.24) is 19.7 Å². The summed E-state index contributed by atoms with van der Waals surface area (Å²) >= 11 is 13.7. The molecule has 0 spiro atoms. The van der Waals surface area contributed by atoms with Crippen LogP contribution in [-0.2, 0) is 0 Å². The van der Waals surface area contributed by atoms with Crippen LogP contribution in [-0.4, -0.2) is 19.7 Å². The van der Waals surface area contributed by atoms with Gasteiger partial charge < -0.3 is 0 Å². The van der Waals surface area contributed by atoms with Crippen LogP contribution in [0.1, 0.15) is 25.5 Å². The number of nitrogens with zero attached hydrogens (tertiary/aromatic N) is 5. The molecule has 2 aromatic heterocycles. The summed E-state index contributed by atoms with van der Waals surface area (Å²) in [4.78, 5) is 4.27. The van der Waals surface area contributed by atoms with Gasteiger partial charge in [-0.15, -0.1) is 10.2 Å². The molecule has 25 heavy (non-hydrogen) atoms. The number of hydrogen-bond acceptors (Lipinski definition) is 5. The first kappa shape index (κ1) is 17.7. The van der Waals surface area contributed by atoms with Gasteiger partial charge in [0.05, 0.1) is 10.6 Å². The maximum atomic E-state index is 8.86. The summed E-state index contributed by atoms with van der Waals surface area (Å²) < 4.78 is 2.00. The molecule has 0 aliphatic rings. The van der Waals surface area contributed by atoms with Crippen LogP contribution in [0, 0.1) is 11.3 Å². The predicted molar refractivity (Wildman–Crippen MR) is 98.9 cm³/mol. The van der Waals surface area contributed by atoms with E-state index in [1.54, 1.807) is 24.3 Å². The molecular formula is C17H13Cl2N5S. The topological polar surface area (TPSA) is 67.4 Å². The zero-order chi connectivity index (χ0) is 18.0. The Kier molecular flexibility index (Phi) is 5.28. The summed E-state index contributed by atoms with van der Waals surface area (Å²) in [7, 11) is 0. The number of benzene rings is 1. The molecule has 0 fully saturated rings. The fourth-order valence-electron chi connectivity index (χ4n) is 2.27. The van der Waals surface area contributed by atoms with Crippen molar-refractivity contribution >= 4 is 35.0 Å². The van der Waals surface area contributed by atoms with Crippen molar-refractivity contribution in [1.29, 1.82) is 5.26 Å². The summed E-state index contributed by atoms with van der Waals surface area (Å²) in [5.74, 6) is 0.674. The lowest BCUT2D eigenvalue weighted by atomic mass is 10.2. The Morgan fingerprint density at radius 2 is 1.96 bits per heavy atom. The molecule has 0 aliphatic heterocycles. The van der Waals surface area contributed by atoms with Gasteiger partial charge in [-0.3, -0.25) is 4.57 Å². The molecule has 126 valence electrons. The molecule has 3 rings (SSSR count). The fourth-order valence-corrected chi connectivity index (χ4v) is 3.67. The summed E-state index contributed by atoms with van der Waals surface area (Å²) in [6, 6.07) is 11.0. The molecule has 0 saturated carbocycles. The first-order valence-corrected chi connectivity index (χ1v) is 9.01. The van der Waals surface area contributed by atoms with Gasteiger partial charge >= 0.3 is 0 Å². The highest BCUT2D eigenvalue weighted by Gasteiger charge is 2.19. The van der Waals surface area contributed by atoms with Crippen molar-refractivity contribution in [3.63, 3.8) is 0 Å². The Morgan fingerprint density at radius 3 is 2.56 bits per heavy atom. The van der Waals surface area contributed by atoms with Gasteiger partial charge in [0.25, 0.3) is 0 Å². The van der Waals surface area contributed by atoms with E-state index in [2.05, 4.69) is 21.3 Å². The number of rotatable bonds is 4. The third kappa shape index (κ3) is 3.79. The lowest BCUT2D eigenvalue weighted by Gasteiger charge is -2.14. The second-order valence-corrected chi connectivity index (χ2v) is 7.32. The molecule has 0 atom stereocenters. The Bertz CT molecular complexity index is 945. The normalized spacial score (nSPS) is 10.9. The molecule has 0 N–H and O–H groups in total. The highest BCUT2D eigenvalue weighted by Crippen LogP contribution is 2.34. The Morgan fingerprint density at radius 1 is 1.16 bits per heavy atom. The molecule has 0 radical (unpaired) electrons. The highest BCUT2D eigenvalue weighted by molar-refractivity contribution is 7.99. The van der Waals surface area contributed by atoms with Gasteiger partial charge in [0.2, 0.25) is 0 Å². The van der Waals surface area contributed by atoms with Gasteiger partial charge in [0.1, 0.15) is 11.1 Å². The summed E-state index contributed by atoms with van der Waals surface area (Å²) in [5.41, 5.74) is 1.29. The lowest BCUT2D eigenvalue weighted by molar-refractivity contribution is 0.555. The third-order valence-corrected chi connectivity index (χ3v) is 4.87. The molecule has 2 heterocycles. The molecule has 0 unspecified atom stereocenters. The Labute approximate surface area is 159 Å². The number of pyridine rings is 1. The van der Waals surface area contributed by atoms with Crippen molar-refractivity contribution in [3.05, 3.63) is 52.1 Å². The van der Waals surface area contributed by atoms with Crippen molar-refractivity contribution < 1.29 is 0 Å². The zero-order valence-electron chi connectivity index (χ0n) is 13.4. The summed E-state index contributed by atoms with van der Waals surface area (Å²) in [6.45, 7) is 4.10. The number of hydrogen-bond donors (Lipinski definition) is 0. The first-order chi connectivity index (χ1) is 12.0. The van der Waals surface area contributed by atoms with Crippen molar-refractivity contribution in [3.8, 4) is 17.5 Å². The minimum absolute atomic E-state index is 0.123. The van der Waals surface area contributed by atoms with Gasteiger partial charge in [-0.2, -0.15) is 5.26 Å². The molecule has 8 heteroatoms. The van der Waals surface area contributed by atoms with Crippen LogP contribution < -0.4 is 0 Å². The number of halogens is 2. The summed E-state index contributed by atoms with van der Waals surface area (Å²) in [6.07, 6.45) is 1.54. The van der Waals surface area contributed by atoms with E-state index in [9.17, 15) is 0 Å². The van der Waals surface area contributed by atoms with E-state index in [1.165, 1.54) is 18.0 Å². The molecule has 5 nitrogen and oxygen atoms in total. The van der Waals surface area contributed by atoms with Gasteiger partial charge in [-0.25, -0.2) is 4.98 Å². The number of nitriles is 1. The summed E-state index contributed by atoms with van der Waals surface area (Å²) in [5, 5.41) is 20.0. The van der Waals surface area contributed by atoms with Crippen LogP contribution in [0.4, 0.5) is 0 Å². The van der Waals surface area contributed by atoms with Crippen LogP contribution in [0.5, 0.6) is 0 Å². The second kappa shape index (κ2) is 7.44. The standard InChI is InChI=1S/C17H13Cl2N5S/c1-10(2)24-16(13-5-4-12(18)7-14(13)19)22-23-17(24)25-15-6-3-11(8-20)9-21-15/h3-7,9-10H,1-2H3. The maximum Gasteiger partial charge on any atom is 0.198 e. The second-order valence-electron chi connectivity index (χ2n) is 5.49. The Hall–Kier alpha value is -2.07. The van der Waals surface area contributed by atoms with E-state index in [0.29, 0.717) is 26.6 Å². The predicted octanol–water partition coefficient (Wildman–Crippen LogP) is 5.25. The highest BCUT2D eigenvalue weighted by atomic mass is 35.5. The molecule has 0 saturated heterocycles. The molecule has 0 bridgehead atoms. The van der Waals surface area contributed by atoms with Gasteiger partial charge in [-0.05, 0) is 55.9 Å². The van der Waals surface area contributed by atoms with Crippen LogP contribution in [0.2, 0.25) is 10.0 Å². The van der Waals surface area contributed by atoms with Gasteiger partial charge in [-0.1, -0.05) is 23.2 Å². The van der Waals surface area contributed by atoms with Crippen LogP contribution >= 0.6 is 35.0 Å². The van der Waals surface area contributed by atoms with E-state index in [-0.39, 0.29) is 6.04 Å². The van der Waals surface area contributed by atoms with Gasteiger partial charge in [0, 0.05) is 22.8 Å². The van der Waals surface area contributed by atoms with Crippen LogP contribution in [0.15, 0.2) is 46.7 Å². The van der Waals surface area contributed by atoms with E-state index in [1.807, 2.05) is 24.5 Å². The van der Waals surface area contributed by atoms with E-state index in [4.69, 9.17) is 28.5 Å². The van der Waals surface area contributed by atoms with Crippen molar-refractivity contribution in [2.45, 2.75) is 30.1 Å². The van der Waals surface area contributed by atoms with Gasteiger partial charge in [0.15, 0.2) is 11.0 Å². The van der Waals surface area contributed by atoms with Crippen LogP contribution in [0.3, 0.4) is 0 Å². The SMILES string of the molecule is CC(C)n1c(Sc2ccc(C#N)cn2)nnc1-c1ccc(Cl)cc1Cl. The Balaban J connectivity index is 2.01. The van der Waals surface area contributed by atoms with E-state index in [0.717, 1.165) is 10.6 Å². The van der Waals surface area contributed by atoms with E-state index < -0.39 is 0 Å². The third-order valence-electron chi connectivity index (χ3n) is 3.41. The van der Waals surface area contributed by atoms with E-state index >= 15 is 0 Å². The maximum absolute atomic E-state index is 8.86. The largest absolute Gasteiger partial charge is 0.299 e. The first-order valence-electron chi connectivity index (χ1n) is 7.44. The zero-order valence-corrected chi connectivity index (χ0v) is 15.8. The van der Waals surface area contributed by atoms with Crippen molar-refractivity contribution in [2.75, 3.05) is 0 Å². The molecule has 0 aliphatic carbocycles. The molecule has 3 aromatic rings. The monoisotopic (exact) mass is 389 g/mol. The van der Waals surface area contributed by atoms with Crippen molar-refractivity contribution in [2.24, 2.45) is 0 Å².